The molecule has 1 saturated heterocycles. The molecule has 30 heavy (non-hydrogen) atoms. The van der Waals surface area contributed by atoms with Gasteiger partial charge in [0.05, 0.1) is 13.2 Å². The number of benzene rings is 1. The fourth-order valence-electron chi connectivity index (χ4n) is 4.25. The van der Waals surface area contributed by atoms with Crippen molar-refractivity contribution in [2.45, 2.75) is 45.1 Å². The molecule has 0 aromatic heterocycles. The van der Waals surface area contributed by atoms with E-state index in [1.165, 1.54) is 19.3 Å². The predicted octanol–water partition coefficient (Wildman–Crippen LogP) is 3.16. The molecule has 0 bridgehead atoms. The summed E-state index contributed by atoms with van der Waals surface area (Å²) in [5.41, 5.74) is 7.04. The molecule has 2 fully saturated rings. The normalized spacial score (nSPS) is 18.6. The lowest BCUT2D eigenvalue weighted by molar-refractivity contribution is -0.124. The first-order valence-electron chi connectivity index (χ1n) is 10.7. The van der Waals surface area contributed by atoms with Crippen LogP contribution >= 0.6 is 24.8 Å². The van der Waals surface area contributed by atoms with E-state index in [1.54, 1.807) is 0 Å². The summed E-state index contributed by atoms with van der Waals surface area (Å²) in [6.07, 6.45) is 6.30. The van der Waals surface area contributed by atoms with Gasteiger partial charge in [0.2, 0.25) is 5.91 Å². The number of nitrogens with zero attached hydrogens (tertiary/aromatic N) is 1. The average Bonchev–Trinajstić information content (AvgIpc) is 2.74. The van der Waals surface area contributed by atoms with Gasteiger partial charge in [-0.15, -0.1) is 24.8 Å². The van der Waals surface area contributed by atoms with Crippen LogP contribution in [0.1, 0.15) is 44.1 Å². The first-order chi connectivity index (χ1) is 13.7. The van der Waals surface area contributed by atoms with Gasteiger partial charge < -0.3 is 20.5 Å². The van der Waals surface area contributed by atoms with Crippen molar-refractivity contribution in [2.75, 3.05) is 46.0 Å². The van der Waals surface area contributed by atoms with Gasteiger partial charge in [-0.2, -0.15) is 0 Å². The van der Waals surface area contributed by atoms with Gasteiger partial charge in [-0.25, -0.2) is 0 Å². The Morgan fingerprint density at radius 2 is 1.83 bits per heavy atom. The molecule has 3 N–H and O–H groups in total. The van der Waals surface area contributed by atoms with E-state index in [-0.39, 0.29) is 36.1 Å². The Morgan fingerprint density at radius 3 is 2.53 bits per heavy atom. The van der Waals surface area contributed by atoms with Crippen LogP contribution in [0.2, 0.25) is 0 Å². The minimum Gasteiger partial charge on any atom is -0.492 e. The Labute approximate surface area is 193 Å². The first kappa shape index (κ1) is 27.0. The highest BCUT2D eigenvalue weighted by atomic mass is 35.5. The summed E-state index contributed by atoms with van der Waals surface area (Å²) in [6, 6.07) is 7.95. The quantitative estimate of drug-likeness (QED) is 0.590. The molecule has 1 aromatic rings. The zero-order chi connectivity index (χ0) is 19.7. The SMILES string of the molecule is Cl.Cl.NCC1(CC(=O)NCc2ccccc2OCCN2CCOCC2)CCCCC1. The Hall–Kier alpha value is -1.05. The van der Waals surface area contributed by atoms with Gasteiger partial charge in [0, 0.05) is 38.2 Å². The van der Waals surface area contributed by atoms with Gasteiger partial charge in [0.25, 0.3) is 0 Å². The number of rotatable bonds is 9. The van der Waals surface area contributed by atoms with Gasteiger partial charge in [-0.3, -0.25) is 9.69 Å². The van der Waals surface area contributed by atoms with Crippen molar-refractivity contribution in [1.29, 1.82) is 0 Å². The van der Waals surface area contributed by atoms with E-state index >= 15 is 0 Å². The molecule has 0 atom stereocenters. The fourth-order valence-corrected chi connectivity index (χ4v) is 4.25. The molecular weight excluding hydrogens is 425 g/mol. The second-order valence-electron chi connectivity index (χ2n) is 8.13. The molecule has 0 unspecified atom stereocenters. The number of halogens is 2. The molecular formula is C22H37Cl2N3O3. The minimum absolute atomic E-state index is 0. The van der Waals surface area contributed by atoms with Crippen molar-refractivity contribution < 1.29 is 14.3 Å². The second-order valence-corrected chi connectivity index (χ2v) is 8.13. The third-order valence-corrected chi connectivity index (χ3v) is 6.10. The number of amides is 1. The Morgan fingerprint density at radius 1 is 1.13 bits per heavy atom. The predicted molar refractivity (Wildman–Crippen MR) is 125 cm³/mol. The summed E-state index contributed by atoms with van der Waals surface area (Å²) in [7, 11) is 0. The van der Waals surface area contributed by atoms with Crippen LogP contribution in [0.5, 0.6) is 5.75 Å². The molecule has 172 valence electrons. The number of carbonyl (C=O) groups is 1. The van der Waals surface area contributed by atoms with E-state index in [0.29, 0.717) is 26.1 Å². The van der Waals surface area contributed by atoms with Crippen molar-refractivity contribution in [3.8, 4) is 5.75 Å². The maximum atomic E-state index is 12.6. The number of ether oxygens (including phenoxy) is 2. The zero-order valence-electron chi connectivity index (χ0n) is 17.8. The summed E-state index contributed by atoms with van der Waals surface area (Å²) in [4.78, 5) is 14.9. The highest BCUT2D eigenvalue weighted by molar-refractivity contribution is 5.85. The van der Waals surface area contributed by atoms with Crippen LogP contribution in [0.15, 0.2) is 24.3 Å². The van der Waals surface area contributed by atoms with Gasteiger partial charge in [-0.1, -0.05) is 37.5 Å². The third kappa shape index (κ3) is 8.23. The topological polar surface area (TPSA) is 76.8 Å². The Kier molecular flexibility index (Phi) is 12.7. The fraction of sp³-hybridized carbons (Fsp3) is 0.682. The van der Waals surface area contributed by atoms with Crippen molar-refractivity contribution in [3.05, 3.63) is 29.8 Å². The number of nitrogens with two attached hydrogens (primary N) is 1. The summed E-state index contributed by atoms with van der Waals surface area (Å²) in [5, 5.41) is 3.08. The maximum absolute atomic E-state index is 12.6. The molecule has 0 spiro atoms. The van der Waals surface area contributed by atoms with E-state index < -0.39 is 0 Å². The number of morpholine rings is 1. The van der Waals surface area contributed by atoms with E-state index in [0.717, 1.165) is 57.0 Å². The molecule has 3 rings (SSSR count). The van der Waals surface area contributed by atoms with Gasteiger partial charge in [0.1, 0.15) is 12.4 Å². The van der Waals surface area contributed by atoms with Crippen LogP contribution < -0.4 is 15.8 Å². The summed E-state index contributed by atoms with van der Waals surface area (Å²) in [6.45, 7) is 6.15. The molecule has 6 nitrogen and oxygen atoms in total. The van der Waals surface area contributed by atoms with E-state index in [4.69, 9.17) is 15.2 Å². The number of carbonyl (C=O) groups excluding carboxylic acids is 1. The lowest BCUT2D eigenvalue weighted by Gasteiger charge is -2.35. The van der Waals surface area contributed by atoms with Crippen LogP contribution in [-0.4, -0.2) is 56.8 Å². The first-order valence-corrected chi connectivity index (χ1v) is 10.7. The van der Waals surface area contributed by atoms with Gasteiger partial charge >= 0.3 is 0 Å². The number of hydrogen-bond donors (Lipinski definition) is 2. The zero-order valence-corrected chi connectivity index (χ0v) is 19.4. The van der Waals surface area contributed by atoms with Crippen molar-refractivity contribution in [2.24, 2.45) is 11.1 Å². The summed E-state index contributed by atoms with van der Waals surface area (Å²) >= 11 is 0. The highest BCUT2D eigenvalue weighted by Gasteiger charge is 2.32. The largest absolute Gasteiger partial charge is 0.492 e. The molecule has 8 heteroatoms. The highest BCUT2D eigenvalue weighted by Crippen LogP contribution is 2.38. The molecule has 1 aliphatic heterocycles. The lowest BCUT2D eigenvalue weighted by Crippen LogP contribution is -2.39. The van der Waals surface area contributed by atoms with E-state index in [9.17, 15) is 4.79 Å². The van der Waals surface area contributed by atoms with Gasteiger partial charge in [0.15, 0.2) is 0 Å². The smallest absolute Gasteiger partial charge is 0.220 e. The third-order valence-electron chi connectivity index (χ3n) is 6.10. The van der Waals surface area contributed by atoms with E-state index in [1.807, 2.05) is 24.3 Å². The van der Waals surface area contributed by atoms with Crippen LogP contribution in [0.4, 0.5) is 0 Å². The summed E-state index contributed by atoms with van der Waals surface area (Å²) in [5.74, 6) is 0.942. The van der Waals surface area contributed by atoms with Crippen LogP contribution in [0.25, 0.3) is 0 Å². The minimum atomic E-state index is -0.00346. The average molecular weight is 462 g/mol. The Bertz CT molecular complexity index is 621. The molecule has 1 amide bonds. The number of hydrogen-bond acceptors (Lipinski definition) is 5. The molecule has 2 aliphatic rings. The van der Waals surface area contributed by atoms with Crippen LogP contribution in [0, 0.1) is 5.41 Å². The van der Waals surface area contributed by atoms with E-state index in [2.05, 4.69) is 10.2 Å². The maximum Gasteiger partial charge on any atom is 0.220 e. The Balaban J connectivity index is 0.00000225. The van der Waals surface area contributed by atoms with Crippen LogP contribution in [0.3, 0.4) is 0 Å². The molecule has 1 aliphatic carbocycles. The van der Waals surface area contributed by atoms with Crippen LogP contribution in [-0.2, 0) is 16.1 Å². The standard InChI is InChI=1S/C22H35N3O3.2ClH/c23-18-22(8-4-1-5-9-22)16-21(26)24-17-19-6-2-3-7-20(19)28-15-12-25-10-13-27-14-11-25;;/h2-3,6-7H,1,4-5,8-18,23H2,(H,24,26);2*1H. The monoisotopic (exact) mass is 461 g/mol. The second kappa shape index (κ2) is 14.1. The molecule has 1 heterocycles. The number of nitrogens with one attached hydrogen (secondary N) is 1. The van der Waals surface area contributed by atoms with Crippen molar-refractivity contribution in [1.82, 2.24) is 10.2 Å². The molecule has 0 radical (unpaired) electrons. The number of para-hydroxylation sites is 1. The van der Waals surface area contributed by atoms with Crippen molar-refractivity contribution in [3.63, 3.8) is 0 Å². The van der Waals surface area contributed by atoms with Gasteiger partial charge in [-0.05, 0) is 30.9 Å². The summed E-state index contributed by atoms with van der Waals surface area (Å²) < 4.78 is 11.4. The van der Waals surface area contributed by atoms with Crippen molar-refractivity contribution >= 4 is 30.7 Å². The molecule has 1 aromatic carbocycles. The molecule has 1 saturated carbocycles. The lowest BCUT2D eigenvalue weighted by atomic mass is 9.71.